The van der Waals surface area contributed by atoms with Gasteiger partial charge < -0.3 is 0 Å². The van der Waals surface area contributed by atoms with Crippen molar-refractivity contribution in [3.8, 4) is 0 Å². The molecule has 0 saturated heterocycles. The number of unbranched alkanes of at least 4 members (excludes halogenated alkanes) is 2. The van der Waals surface area contributed by atoms with Crippen LogP contribution in [0.5, 0.6) is 0 Å². The van der Waals surface area contributed by atoms with Gasteiger partial charge >= 0.3 is 0 Å². The minimum absolute atomic E-state index is 0.249. The fourth-order valence-corrected chi connectivity index (χ4v) is 2.21. The lowest BCUT2D eigenvalue weighted by molar-refractivity contribution is -0.110. The molecule has 1 rings (SSSR count). The topological polar surface area (TPSA) is 29.4 Å². The number of ketones is 1. The summed E-state index contributed by atoms with van der Waals surface area (Å²) in [5.41, 5.74) is 0.819. The average molecular weight is 213 g/mol. The molecule has 1 aliphatic heterocycles. The van der Waals surface area contributed by atoms with Gasteiger partial charge in [0.25, 0.3) is 0 Å². The number of carbonyl (C=O) groups is 1. The lowest BCUT2D eigenvalue weighted by atomic mass is 10.0. The van der Waals surface area contributed by atoms with E-state index in [0.717, 1.165) is 24.5 Å². The molecule has 0 aromatic rings. The van der Waals surface area contributed by atoms with E-state index in [1.165, 1.54) is 31.2 Å². The molecule has 0 aliphatic carbocycles. The van der Waals surface area contributed by atoms with Gasteiger partial charge in [-0.2, -0.15) is 0 Å². The van der Waals surface area contributed by atoms with Crippen LogP contribution >= 0.6 is 11.9 Å². The highest BCUT2D eigenvalue weighted by Crippen LogP contribution is 2.17. The summed E-state index contributed by atoms with van der Waals surface area (Å²) in [6.07, 6.45) is 5.83. The van der Waals surface area contributed by atoms with Crippen molar-refractivity contribution in [2.45, 2.75) is 46.0 Å². The van der Waals surface area contributed by atoms with Gasteiger partial charge in [-0.3, -0.25) is 4.79 Å². The Labute approximate surface area is 90.7 Å². The molecule has 0 spiro atoms. The Morgan fingerprint density at radius 3 is 2.71 bits per heavy atom. The molecule has 0 aromatic carbocycles. The molecule has 0 bridgehead atoms. The molecule has 0 fully saturated rings. The largest absolute Gasteiger partial charge is 0.292 e. The number of rotatable bonds is 6. The van der Waals surface area contributed by atoms with Gasteiger partial charge in [-0.05, 0) is 30.7 Å². The summed E-state index contributed by atoms with van der Waals surface area (Å²) in [5.74, 6) is 1.62. The quantitative estimate of drug-likeness (QED) is 0.500. The highest BCUT2D eigenvalue weighted by molar-refractivity contribution is 7.99. The van der Waals surface area contributed by atoms with Gasteiger partial charge in [0.15, 0.2) is 5.78 Å². The maximum atomic E-state index is 11.2. The summed E-state index contributed by atoms with van der Waals surface area (Å²) in [6, 6.07) is 0. The molecule has 14 heavy (non-hydrogen) atoms. The molecule has 0 N–H and O–H groups in total. The Balaban J connectivity index is 2.01. The molecule has 0 unspecified atom stereocenters. The third-order valence-electron chi connectivity index (χ3n) is 2.39. The third-order valence-corrected chi connectivity index (χ3v) is 3.13. The summed E-state index contributed by atoms with van der Waals surface area (Å²) in [6.45, 7) is 4.50. The molecular weight excluding hydrogens is 194 g/mol. The molecule has 80 valence electrons. The van der Waals surface area contributed by atoms with E-state index in [1.807, 2.05) is 0 Å². The summed E-state index contributed by atoms with van der Waals surface area (Å²) < 4.78 is 4.13. The molecule has 0 aromatic heterocycles. The highest BCUT2D eigenvalue weighted by Gasteiger charge is 2.16. The van der Waals surface area contributed by atoms with Crippen molar-refractivity contribution in [3.63, 3.8) is 0 Å². The van der Waals surface area contributed by atoms with E-state index < -0.39 is 0 Å². The number of carbonyl (C=O) groups excluding carboxylic acids is 1. The first-order valence-corrected chi connectivity index (χ1v) is 6.36. The molecule has 0 saturated carbocycles. The molecule has 2 nitrogen and oxygen atoms in total. The van der Waals surface area contributed by atoms with Crippen molar-refractivity contribution < 1.29 is 4.79 Å². The van der Waals surface area contributed by atoms with Crippen molar-refractivity contribution in [3.05, 3.63) is 0 Å². The van der Waals surface area contributed by atoms with Crippen molar-refractivity contribution in [2.24, 2.45) is 10.3 Å². The SMILES string of the molecule is CC(C)CCCCCC1=NSCC1=O. The predicted molar refractivity (Wildman–Crippen MR) is 62.8 cm³/mol. The summed E-state index contributed by atoms with van der Waals surface area (Å²) >= 11 is 1.40. The van der Waals surface area contributed by atoms with Crippen LogP contribution in [0.25, 0.3) is 0 Å². The number of hydrogen-bond donors (Lipinski definition) is 0. The second-order valence-corrected chi connectivity index (χ2v) is 4.96. The van der Waals surface area contributed by atoms with Gasteiger partial charge in [-0.1, -0.05) is 33.1 Å². The zero-order valence-corrected chi connectivity index (χ0v) is 9.90. The predicted octanol–water partition coefficient (Wildman–Crippen LogP) is 3.26. The van der Waals surface area contributed by atoms with Crippen LogP contribution in [0, 0.1) is 5.92 Å². The third kappa shape index (κ3) is 4.27. The average Bonchev–Trinajstić information content (AvgIpc) is 2.51. The van der Waals surface area contributed by atoms with Crippen molar-refractivity contribution in [1.82, 2.24) is 0 Å². The van der Waals surface area contributed by atoms with E-state index in [-0.39, 0.29) is 5.78 Å². The zero-order valence-electron chi connectivity index (χ0n) is 9.08. The summed E-state index contributed by atoms with van der Waals surface area (Å²) in [7, 11) is 0. The van der Waals surface area contributed by atoms with E-state index in [1.54, 1.807) is 0 Å². The van der Waals surface area contributed by atoms with Crippen LogP contribution in [0.15, 0.2) is 4.40 Å². The van der Waals surface area contributed by atoms with Crippen LogP contribution < -0.4 is 0 Å². The second kappa shape index (κ2) is 6.23. The summed E-state index contributed by atoms with van der Waals surface area (Å²) in [4.78, 5) is 11.2. The second-order valence-electron chi connectivity index (χ2n) is 4.23. The Morgan fingerprint density at radius 2 is 2.14 bits per heavy atom. The lowest BCUT2D eigenvalue weighted by Gasteiger charge is -2.03. The molecule has 0 amide bonds. The monoisotopic (exact) mass is 213 g/mol. The smallest absolute Gasteiger partial charge is 0.189 e. The van der Waals surface area contributed by atoms with Gasteiger partial charge in [0, 0.05) is 0 Å². The van der Waals surface area contributed by atoms with Gasteiger partial charge in [0.1, 0.15) is 0 Å². The van der Waals surface area contributed by atoms with E-state index >= 15 is 0 Å². The highest BCUT2D eigenvalue weighted by atomic mass is 32.2. The first-order chi connectivity index (χ1) is 6.70. The molecule has 3 heteroatoms. The maximum Gasteiger partial charge on any atom is 0.189 e. The normalized spacial score (nSPS) is 16.5. The van der Waals surface area contributed by atoms with E-state index in [0.29, 0.717) is 5.75 Å². The van der Waals surface area contributed by atoms with Crippen LogP contribution in [0.2, 0.25) is 0 Å². The minimum atomic E-state index is 0.249. The fraction of sp³-hybridized carbons (Fsp3) is 0.818. The molecule has 0 radical (unpaired) electrons. The summed E-state index contributed by atoms with van der Waals surface area (Å²) in [5, 5.41) is 0. The van der Waals surface area contributed by atoms with E-state index in [2.05, 4.69) is 18.2 Å². The fourth-order valence-electron chi connectivity index (χ4n) is 1.51. The first kappa shape index (κ1) is 11.8. The molecule has 0 atom stereocenters. The van der Waals surface area contributed by atoms with Crippen molar-refractivity contribution in [1.29, 1.82) is 0 Å². The van der Waals surface area contributed by atoms with Gasteiger partial charge in [-0.25, -0.2) is 4.40 Å². The Hall–Kier alpha value is -0.310. The molecule has 1 aliphatic rings. The van der Waals surface area contributed by atoms with Crippen molar-refractivity contribution >= 4 is 23.4 Å². The van der Waals surface area contributed by atoms with Crippen LogP contribution in [-0.4, -0.2) is 17.2 Å². The van der Waals surface area contributed by atoms with E-state index in [9.17, 15) is 4.79 Å². The lowest BCUT2D eigenvalue weighted by Crippen LogP contribution is -2.10. The van der Waals surface area contributed by atoms with Crippen molar-refractivity contribution in [2.75, 3.05) is 5.75 Å². The Morgan fingerprint density at radius 1 is 1.36 bits per heavy atom. The number of nitrogens with zero attached hydrogens (tertiary/aromatic N) is 1. The molecular formula is C11H19NOS. The Bertz CT molecular complexity index is 223. The number of hydrogen-bond acceptors (Lipinski definition) is 3. The van der Waals surface area contributed by atoms with Gasteiger partial charge in [-0.15, -0.1) is 0 Å². The standard InChI is InChI=1S/C11H19NOS/c1-9(2)6-4-3-5-7-10-11(13)8-14-12-10/h9H,3-8H2,1-2H3. The zero-order chi connectivity index (χ0) is 10.4. The first-order valence-electron chi connectivity index (χ1n) is 5.42. The van der Waals surface area contributed by atoms with Gasteiger partial charge in [0.05, 0.1) is 11.5 Å². The van der Waals surface area contributed by atoms with Crippen LogP contribution in [0.3, 0.4) is 0 Å². The minimum Gasteiger partial charge on any atom is -0.292 e. The number of Topliss-reactive ketones (excluding diaryl/α,β-unsaturated/α-hetero) is 1. The maximum absolute atomic E-state index is 11.2. The molecule has 1 heterocycles. The van der Waals surface area contributed by atoms with Crippen LogP contribution in [-0.2, 0) is 4.79 Å². The van der Waals surface area contributed by atoms with Crippen LogP contribution in [0.4, 0.5) is 0 Å². The van der Waals surface area contributed by atoms with Crippen LogP contribution in [0.1, 0.15) is 46.0 Å². The van der Waals surface area contributed by atoms with E-state index in [4.69, 9.17) is 0 Å². The Kier molecular flexibility index (Phi) is 5.23. The van der Waals surface area contributed by atoms with Gasteiger partial charge in [0.2, 0.25) is 0 Å².